The van der Waals surface area contributed by atoms with Crippen molar-refractivity contribution in [3.05, 3.63) is 71.3 Å². The minimum atomic E-state index is -1.42. The number of nitrogens with one attached hydrogen (secondary N) is 1. The summed E-state index contributed by atoms with van der Waals surface area (Å²) in [4.78, 5) is 63.2. The first-order valence-electron chi connectivity index (χ1n) is 18.7. The molecular weight excluding hydrogens is 698 g/mol. The topological polar surface area (TPSA) is 173 Å². The molecule has 290 valence electrons. The maximum absolute atomic E-state index is 15.1. The fourth-order valence-electron chi connectivity index (χ4n) is 8.53. The number of aliphatic hydroxyl groups is 1. The molecule has 1 aliphatic carbocycles. The number of hydrogen-bond donors (Lipinski definition) is 3. The van der Waals surface area contributed by atoms with E-state index in [1.165, 1.54) is 9.96 Å². The van der Waals surface area contributed by atoms with Crippen molar-refractivity contribution in [3.63, 3.8) is 0 Å². The second kappa shape index (κ2) is 15.4. The number of allylic oxidation sites excluding steroid dienone is 1. The first-order chi connectivity index (χ1) is 25.9. The predicted octanol–water partition coefficient (Wildman–Crippen LogP) is 2.78. The van der Waals surface area contributed by atoms with E-state index in [9.17, 15) is 24.6 Å². The molecule has 14 nitrogen and oxygen atoms in total. The van der Waals surface area contributed by atoms with Crippen molar-refractivity contribution in [1.82, 2.24) is 15.3 Å². The Morgan fingerprint density at radius 3 is 2.69 bits per heavy atom. The lowest BCUT2D eigenvalue weighted by Crippen LogP contribution is -2.70. The van der Waals surface area contributed by atoms with Crippen LogP contribution in [-0.2, 0) is 55.9 Å². The highest BCUT2D eigenvalue weighted by atomic mass is 16.8. The predicted molar refractivity (Wildman–Crippen MR) is 192 cm³/mol. The zero-order chi connectivity index (χ0) is 38.2. The van der Waals surface area contributed by atoms with Gasteiger partial charge in [0.05, 0.1) is 19.2 Å². The number of nitrogens with zero attached hydrogens (tertiary/aromatic N) is 2. The maximum atomic E-state index is 15.1. The van der Waals surface area contributed by atoms with Crippen LogP contribution in [0.15, 0.2) is 54.6 Å². The van der Waals surface area contributed by atoms with Crippen LogP contribution in [0.2, 0.25) is 0 Å². The lowest BCUT2D eigenvalue weighted by molar-refractivity contribution is -0.204. The lowest BCUT2D eigenvalue weighted by Gasteiger charge is -2.50. The summed E-state index contributed by atoms with van der Waals surface area (Å²) in [6.07, 6.45) is 2.82. The Kier molecular flexibility index (Phi) is 10.8. The number of phenolic OH excluding ortho intramolecular Hbond substituents is 1. The van der Waals surface area contributed by atoms with Gasteiger partial charge >= 0.3 is 11.9 Å². The molecular formula is C40H49N3O11. The van der Waals surface area contributed by atoms with E-state index >= 15 is 4.79 Å². The van der Waals surface area contributed by atoms with Gasteiger partial charge in [0.25, 0.3) is 0 Å². The highest BCUT2D eigenvalue weighted by Crippen LogP contribution is 2.56. The van der Waals surface area contributed by atoms with E-state index in [2.05, 4.69) is 5.32 Å². The largest absolute Gasteiger partial charge is 0.508 e. The highest BCUT2D eigenvalue weighted by molar-refractivity contribution is 5.96. The molecule has 8 atom stereocenters. The van der Waals surface area contributed by atoms with Crippen molar-refractivity contribution in [2.45, 2.75) is 114 Å². The number of benzene rings is 2. The summed E-state index contributed by atoms with van der Waals surface area (Å²) in [6.45, 7) is 5.32. The number of ether oxygens (including phenoxy) is 4. The number of para-hydroxylation sites is 1. The van der Waals surface area contributed by atoms with Gasteiger partial charge in [-0.1, -0.05) is 54.6 Å². The molecule has 2 amide bonds. The van der Waals surface area contributed by atoms with Gasteiger partial charge in [-0.2, -0.15) is 5.06 Å². The number of hydrogen-bond acceptors (Lipinski definition) is 12. The first-order valence-corrected chi connectivity index (χ1v) is 18.7. The van der Waals surface area contributed by atoms with Crippen LogP contribution < -0.4 is 5.32 Å². The zero-order valence-corrected chi connectivity index (χ0v) is 30.8. The van der Waals surface area contributed by atoms with Crippen LogP contribution in [0.25, 0.3) is 6.08 Å². The van der Waals surface area contributed by atoms with E-state index in [0.717, 1.165) is 16.7 Å². The number of rotatable bonds is 12. The maximum Gasteiger partial charge on any atom is 0.327 e. The molecule has 4 saturated heterocycles. The molecule has 54 heavy (non-hydrogen) atoms. The molecule has 4 aliphatic heterocycles. The summed E-state index contributed by atoms with van der Waals surface area (Å²) >= 11 is 0. The summed E-state index contributed by atoms with van der Waals surface area (Å²) in [5.41, 5.74) is 0.467. The van der Waals surface area contributed by atoms with Crippen molar-refractivity contribution >= 4 is 29.8 Å². The first kappa shape index (κ1) is 38.0. The van der Waals surface area contributed by atoms with E-state index in [4.69, 9.17) is 23.8 Å². The van der Waals surface area contributed by atoms with Crippen LogP contribution in [-0.4, -0.2) is 112 Å². The zero-order valence-electron chi connectivity index (χ0n) is 30.8. The van der Waals surface area contributed by atoms with E-state index in [0.29, 0.717) is 25.8 Å². The van der Waals surface area contributed by atoms with Gasteiger partial charge in [-0.3, -0.25) is 24.0 Å². The van der Waals surface area contributed by atoms with Gasteiger partial charge in [-0.15, -0.1) is 0 Å². The third kappa shape index (κ3) is 7.50. The Labute approximate surface area is 314 Å². The molecule has 0 spiro atoms. The number of hydroxylamine groups is 2. The Hall–Kier alpha value is -4.34. The number of carbonyl (C=O) groups is 4. The number of likely N-dealkylation sites (tertiary alicyclic amines) is 1. The van der Waals surface area contributed by atoms with Crippen molar-refractivity contribution in [1.29, 1.82) is 0 Å². The standard InChI is InChI=1S/C40H49N3O11/c1-39(2,3)53-31(46)17-16-27(22-44)41-36(47)28-14-8-18-42(28)38(49)40-20-30-32-33(51-23-50-32)35(40)54-43(34(40)37(48)52-30)21-25-11-6-9-24(19-25)10-7-13-26-12-4-5-15-29(26)45/h4-7,9-12,15,19,27-28,30,32-35,44-45H,8,13-14,16-18,20-23H2,1-3H3,(H,41,47)/t27-,28+,30+,32-,33-,34-,35+,40-/m0/s1. The van der Waals surface area contributed by atoms with Gasteiger partial charge in [0.1, 0.15) is 54.0 Å². The Morgan fingerprint density at radius 2 is 1.91 bits per heavy atom. The average Bonchev–Trinajstić information content (AvgIpc) is 3.89. The van der Waals surface area contributed by atoms with Crippen LogP contribution in [0.5, 0.6) is 5.75 Å². The number of fused-ring (bicyclic) bond motifs is 4. The number of aliphatic hydroxyl groups excluding tert-OH is 1. The molecule has 14 heteroatoms. The molecule has 0 unspecified atom stereocenters. The number of aromatic hydroxyl groups is 1. The lowest BCUT2D eigenvalue weighted by atomic mass is 9.62. The van der Waals surface area contributed by atoms with E-state index in [1.807, 2.05) is 48.6 Å². The van der Waals surface area contributed by atoms with Gasteiger partial charge in [0.15, 0.2) is 6.04 Å². The Bertz CT molecular complexity index is 1780. The van der Waals surface area contributed by atoms with Crippen LogP contribution in [0, 0.1) is 5.41 Å². The minimum absolute atomic E-state index is 0.00129. The molecule has 3 N–H and O–H groups in total. The molecule has 4 heterocycles. The van der Waals surface area contributed by atoms with E-state index < -0.39 is 78.0 Å². The summed E-state index contributed by atoms with van der Waals surface area (Å²) in [5.74, 6) is -1.63. The molecule has 0 radical (unpaired) electrons. The van der Waals surface area contributed by atoms with Crippen molar-refractivity contribution in [2.75, 3.05) is 19.9 Å². The van der Waals surface area contributed by atoms with Gasteiger partial charge in [0, 0.05) is 19.4 Å². The molecule has 7 rings (SSSR count). The van der Waals surface area contributed by atoms with Crippen molar-refractivity contribution < 1.29 is 53.2 Å². The molecule has 5 aliphatic rings. The normalized spacial score (nSPS) is 29.6. The van der Waals surface area contributed by atoms with Gasteiger partial charge in [-0.05, 0) is 69.2 Å². The summed E-state index contributed by atoms with van der Waals surface area (Å²) < 4.78 is 23.2. The second-order valence-corrected chi connectivity index (χ2v) is 15.8. The van der Waals surface area contributed by atoms with Crippen LogP contribution in [0.4, 0.5) is 0 Å². The number of phenols is 1. The minimum Gasteiger partial charge on any atom is -0.508 e. The third-order valence-electron chi connectivity index (χ3n) is 10.9. The van der Waals surface area contributed by atoms with E-state index in [-0.39, 0.29) is 44.3 Å². The highest BCUT2D eigenvalue weighted by Gasteiger charge is 2.75. The van der Waals surface area contributed by atoms with Gasteiger partial charge in [-0.25, -0.2) is 0 Å². The number of esters is 2. The molecule has 2 aromatic carbocycles. The van der Waals surface area contributed by atoms with E-state index in [1.54, 1.807) is 32.9 Å². The van der Waals surface area contributed by atoms with Crippen molar-refractivity contribution in [3.8, 4) is 5.75 Å². The average molecular weight is 748 g/mol. The SMILES string of the molecule is CC(C)(C)OC(=O)CC[C@@H](CO)NC(=O)[C@H]1CCCN1C(=O)[C@@]12C[C@H]3OC(=O)[C@@H]1N(Cc1cccc(C=CCc4ccccc4O)c1)O[C@@H]2[C@H]1OCO[C@H]13. The van der Waals surface area contributed by atoms with Gasteiger partial charge in [0.2, 0.25) is 11.8 Å². The van der Waals surface area contributed by atoms with Gasteiger partial charge < -0.3 is 39.4 Å². The third-order valence-corrected chi connectivity index (χ3v) is 10.9. The molecule has 5 fully saturated rings. The number of amides is 2. The molecule has 2 bridgehead atoms. The summed E-state index contributed by atoms with van der Waals surface area (Å²) in [6, 6.07) is 12.2. The monoisotopic (exact) mass is 747 g/mol. The van der Waals surface area contributed by atoms with Crippen LogP contribution in [0.3, 0.4) is 0 Å². The summed E-state index contributed by atoms with van der Waals surface area (Å²) in [5, 5.41) is 24.6. The quantitative estimate of drug-likeness (QED) is 0.272. The molecule has 0 aromatic heterocycles. The number of carbonyl (C=O) groups excluding carboxylic acids is 4. The Balaban J connectivity index is 1.10. The van der Waals surface area contributed by atoms with Crippen molar-refractivity contribution in [2.24, 2.45) is 5.41 Å². The fraction of sp³-hybridized carbons (Fsp3) is 0.550. The smallest absolute Gasteiger partial charge is 0.327 e. The fourth-order valence-corrected chi connectivity index (χ4v) is 8.53. The molecule has 2 aromatic rings. The second-order valence-electron chi connectivity index (χ2n) is 15.8. The van der Waals surface area contributed by atoms with Crippen LogP contribution >= 0.6 is 0 Å². The molecule has 1 saturated carbocycles. The summed E-state index contributed by atoms with van der Waals surface area (Å²) in [7, 11) is 0. The van der Waals surface area contributed by atoms with Crippen LogP contribution in [0.1, 0.15) is 69.6 Å². The Morgan fingerprint density at radius 1 is 1.11 bits per heavy atom.